The molecule has 0 aromatic carbocycles. The molecule has 4 heterocycles. The second-order valence-corrected chi connectivity index (χ2v) is 7.57. The van der Waals surface area contributed by atoms with Gasteiger partial charge in [-0.3, -0.25) is 9.58 Å². The Morgan fingerprint density at radius 3 is 3.09 bits per heavy atom. The van der Waals surface area contributed by atoms with Crippen LogP contribution < -0.4 is 0 Å². The van der Waals surface area contributed by atoms with Crippen molar-refractivity contribution in [2.45, 2.75) is 51.5 Å². The van der Waals surface area contributed by atoms with Crippen LogP contribution in [-0.2, 0) is 30.9 Å². The summed E-state index contributed by atoms with van der Waals surface area (Å²) < 4.78 is 7.83. The SMILES string of the molecule is OCCn1ncc2c1CN(Cc1ccc(C3CCCCO3)s1)C2. The van der Waals surface area contributed by atoms with Crippen LogP contribution in [0.4, 0.5) is 0 Å². The summed E-state index contributed by atoms with van der Waals surface area (Å²) in [5.41, 5.74) is 2.55. The van der Waals surface area contributed by atoms with Crippen LogP contribution in [0.2, 0.25) is 0 Å². The Hall–Kier alpha value is -1.21. The lowest BCUT2D eigenvalue weighted by Gasteiger charge is -2.21. The van der Waals surface area contributed by atoms with Crippen LogP contribution in [0.1, 0.15) is 46.4 Å². The maximum Gasteiger partial charge on any atom is 0.0916 e. The van der Waals surface area contributed by atoms with Gasteiger partial charge in [-0.15, -0.1) is 11.3 Å². The first-order valence-electron chi connectivity index (χ1n) is 8.40. The van der Waals surface area contributed by atoms with Gasteiger partial charge in [-0.1, -0.05) is 0 Å². The largest absolute Gasteiger partial charge is 0.394 e. The first-order valence-corrected chi connectivity index (χ1v) is 9.22. The molecule has 0 aliphatic carbocycles. The van der Waals surface area contributed by atoms with Gasteiger partial charge >= 0.3 is 0 Å². The van der Waals surface area contributed by atoms with Crippen molar-refractivity contribution in [2.24, 2.45) is 0 Å². The summed E-state index contributed by atoms with van der Waals surface area (Å²) in [5, 5.41) is 13.5. The molecular weight excluding hydrogens is 310 g/mol. The van der Waals surface area contributed by atoms with Crippen molar-refractivity contribution in [3.63, 3.8) is 0 Å². The van der Waals surface area contributed by atoms with Gasteiger partial charge in [0.2, 0.25) is 0 Å². The standard InChI is InChI=1S/C17H23N3O2S/c21-7-6-20-15-12-19(10-13(15)9-18-20)11-14-4-5-17(23-14)16-3-1-2-8-22-16/h4-5,9,16,21H,1-3,6-8,10-12H2. The normalized spacial score (nSPS) is 21.7. The number of rotatable bonds is 5. The van der Waals surface area contributed by atoms with Crippen molar-refractivity contribution < 1.29 is 9.84 Å². The number of nitrogens with zero attached hydrogens (tertiary/aromatic N) is 3. The highest BCUT2D eigenvalue weighted by Gasteiger charge is 2.24. The van der Waals surface area contributed by atoms with Gasteiger partial charge in [0.1, 0.15) is 0 Å². The van der Waals surface area contributed by atoms with E-state index in [1.165, 1.54) is 33.9 Å². The number of thiophene rings is 1. The summed E-state index contributed by atoms with van der Waals surface area (Å²) in [6, 6.07) is 4.49. The number of aromatic nitrogens is 2. The summed E-state index contributed by atoms with van der Waals surface area (Å²) in [7, 11) is 0. The smallest absolute Gasteiger partial charge is 0.0916 e. The highest BCUT2D eigenvalue weighted by atomic mass is 32.1. The second kappa shape index (κ2) is 6.73. The summed E-state index contributed by atoms with van der Waals surface area (Å²) >= 11 is 1.89. The van der Waals surface area contributed by atoms with E-state index in [9.17, 15) is 0 Å². The number of hydrogen-bond donors (Lipinski definition) is 1. The first kappa shape index (κ1) is 15.3. The van der Waals surface area contributed by atoms with Crippen molar-refractivity contribution >= 4 is 11.3 Å². The molecule has 0 saturated carbocycles. The molecule has 0 amide bonds. The zero-order valence-corrected chi connectivity index (χ0v) is 14.1. The summed E-state index contributed by atoms with van der Waals surface area (Å²) in [5.74, 6) is 0. The maximum absolute atomic E-state index is 9.11. The minimum atomic E-state index is 0.143. The monoisotopic (exact) mass is 333 g/mol. The molecule has 124 valence electrons. The Morgan fingerprint density at radius 1 is 1.30 bits per heavy atom. The quantitative estimate of drug-likeness (QED) is 0.914. The average Bonchev–Trinajstić information content (AvgIpc) is 3.27. The topological polar surface area (TPSA) is 50.5 Å². The molecule has 2 aromatic heterocycles. The molecule has 1 atom stereocenters. The lowest BCUT2D eigenvalue weighted by molar-refractivity contribution is 0.0172. The summed E-state index contributed by atoms with van der Waals surface area (Å²) in [4.78, 5) is 5.22. The second-order valence-electron chi connectivity index (χ2n) is 6.37. The molecule has 1 N–H and O–H groups in total. The van der Waals surface area contributed by atoms with Crippen LogP contribution >= 0.6 is 11.3 Å². The van der Waals surface area contributed by atoms with Crippen LogP contribution in [0.15, 0.2) is 18.3 Å². The molecule has 1 unspecified atom stereocenters. The van der Waals surface area contributed by atoms with Crippen molar-refractivity contribution in [1.29, 1.82) is 0 Å². The van der Waals surface area contributed by atoms with E-state index < -0.39 is 0 Å². The van der Waals surface area contributed by atoms with Gasteiger partial charge in [0, 0.05) is 41.6 Å². The van der Waals surface area contributed by atoms with Gasteiger partial charge in [-0.2, -0.15) is 5.10 Å². The van der Waals surface area contributed by atoms with Gasteiger partial charge in [0.05, 0.1) is 31.1 Å². The van der Waals surface area contributed by atoms with E-state index in [-0.39, 0.29) is 6.61 Å². The molecule has 23 heavy (non-hydrogen) atoms. The first-order chi connectivity index (χ1) is 11.3. The van der Waals surface area contributed by atoms with E-state index in [1.807, 2.05) is 22.2 Å². The van der Waals surface area contributed by atoms with Crippen LogP contribution in [0, 0.1) is 0 Å². The van der Waals surface area contributed by atoms with Gasteiger partial charge in [0.25, 0.3) is 0 Å². The molecule has 2 aliphatic rings. The Labute approximate surface area is 140 Å². The van der Waals surface area contributed by atoms with Crippen LogP contribution in [-0.4, -0.2) is 33.0 Å². The Kier molecular flexibility index (Phi) is 4.48. The van der Waals surface area contributed by atoms with Crippen LogP contribution in [0.3, 0.4) is 0 Å². The number of fused-ring (bicyclic) bond motifs is 1. The molecule has 1 saturated heterocycles. The highest BCUT2D eigenvalue weighted by Crippen LogP contribution is 2.34. The fraction of sp³-hybridized carbons (Fsp3) is 0.588. The molecule has 2 aliphatic heterocycles. The van der Waals surface area contributed by atoms with E-state index >= 15 is 0 Å². The third-order valence-electron chi connectivity index (χ3n) is 4.67. The number of aliphatic hydroxyl groups is 1. The highest BCUT2D eigenvalue weighted by molar-refractivity contribution is 7.12. The summed E-state index contributed by atoms with van der Waals surface area (Å²) in [6.07, 6.45) is 5.90. The van der Waals surface area contributed by atoms with Crippen molar-refractivity contribution in [3.05, 3.63) is 39.3 Å². The van der Waals surface area contributed by atoms with E-state index in [0.29, 0.717) is 12.6 Å². The predicted molar refractivity (Wildman–Crippen MR) is 89.1 cm³/mol. The van der Waals surface area contributed by atoms with Crippen molar-refractivity contribution in [1.82, 2.24) is 14.7 Å². The Balaban J connectivity index is 1.39. The van der Waals surface area contributed by atoms with Crippen LogP contribution in [0.25, 0.3) is 0 Å². The third kappa shape index (κ3) is 3.21. The Bertz CT molecular complexity index is 661. The van der Waals surface area contributed by atoms with Gasteiger partial charge in [-0.05, 0) is 31.4 Å². The summed E-state index contributed by atoms with van der Waals surface area (Å²) in [6.45, 7) is 4.48. The average molecular weight is 333 g/mol. The Morgan fingerprint density at radius 2 is 2.26 bits per heavy atom. The number of ether oxygens (including phenoxy) is 1. The molecule has 6 heteroatoms. The minimum Gasteiger partial charge on any atom is -0.394 e. The van der Waals surface area contributed by atoms with Crippen molar-refractivity contribution in [3.8, 4) is 0 Å². The molecule has 1 fully saturated rings. The molecule has 2 aromatic rings. The van der Waals surface area contributed by atoms with E-state index in [0.717, 1.165) is 32.7 Å². The molecule has 0 radical (unpaired) electrons. The fourth-order valence-corrected chi connectivity index (χ4v) is 4.65. The van der Waals surface area contributed by atoms with E-state index in [2.05, 4.69) is 22.1 Å². The van der Waals surface area contributed by atoms with E-state index in [4.69, 9.17) is 9.84 Å². The fourth-order valence-electron chi connectivity index (χ4n) is 3.51. The van der Waals surface area contributed by atoms with Gasteiger partial charge in [-0.25, -0.2) is 0 Å². The van der Waals surface area contributed by atoms with Crippen LogP contribution in [0.5, 0.6) is 0 Å². The molecule has 5 nitrogen and oxygen atoms in total. The van der Waals surface area contributed by atoms with Gasteiger partial charge < -0.3 is 9.84 Å². The third-order valence-corrected chi connectivity index (χ3v) is 5.84. The number of aliphatic hydroxyl groups excluding tert-OH is 1. The van der Waals surface area contributed by atoms with Gasteiger partial charge in [0.15, 0.2) is 0 Å². The lowest BCUT2D eigenvalue weighted by atomic mass is 10.1. The molecule has 4 rings (SSSR count). The zero-order chi connectivity index (χ0) is 15.6. The van der Waals surface area contributed by atoms with E-state index in [1.54, 1.807) is 0 Å². The molecular formula is C17H23N3O2S. The minimum absolute atomic E-state index is 0.143. The molecule has 0 bridgehead atoms. The number of hydrogen-bond acceptors (Lipinski definition) is 5. The molecule has 0 spiro atoms. The lowest BCUT2D eigenvalue weighted by Crippen LogP contribution is -2.17. The zero-order valence-electron chi connectivity index (χ0n) is 13.3. The maximum atomic E-state index is 9.11. The van der Waals surface area contributed by atoms with Crippen molar-refractivity contribution in [2.75, 3.05) is 13.2 Å². The predicted octanol–water partition coefficient (Wildman–Crippen LogP) is 2.69.